The second kappa shape index (κ2) is 11.1. The van der Waals surface area contributed by atoms with Gasteiger partial charge in [0.15, 0.2) is 0 Å². The molecule has 0 aliphatic carbocycles. The lowest BCUT2D eigenvalue weighted by atomic mass is 9.79. The highest BCUT2D eigenvalue weighted by Crippen LogP contribution is 2.28. The van der Waals surface area contributed by atoms with Crippen LogP contribution in [0.15, 0.2) is 24.3 Å². The summed E-state index contributed by atoms with van der Waals surface area (Å²) in [4.78, 5) is 23.9. The van der Waals surface area contributed by atoms with E-state index in [0.29, 0.717) is 13.2 Å². The fourth-order valence-corrected chi connectivity index (χ4v) is 3.49. The van der Waals surface area contributed by atoms with Gasteiger partial charge in [-0.3, -0.25) is 4.79 Å². The number of halogens is 1. The Morgan fingerprint density at radius 1 is 1.33 bits per heavy atom. The van der Waals surface area contributed by atoms with E-state index >= 15 is 0 Å². The maximum absolute atomic E-state index is 12.5. The van der Waals surface area contributed by atoms with Gasteiger partial charge in [-0.05, 0) is 38.4 Å². The standard InChI is InChI=1S/C19H30N4O3.ClH/c1-14-4-3-5-15(10-14)16(23-18(20)25)11-17(24)22-12-19(13-26-2)6-8-21-9-7-19;/h3-5,10,16,21H,6-9,11-13H2,1-2H3,(H,22,24)(H3,20,23,25);1H. The fraction of sp³-hybridized carbons (Fsp3) is 0.579. The zero-order chi connectivity index (χ0) is 19.0. The SMILES string of the molecule is COCC1(CNC(=O)CC(NC(N)=O)c2cccc(C)c2)CCNCC1.Cl. The Balaban J connectivity index is 0.00000364. The summed E-state index contributed by atoms with van der Waals surface area (Å²) in [5.74, 6) is -0.112. The van der Waals surface area contributed by atoms with Gasteiger partial charge < -0.3 is 26.4 Å². The van der Waals surface area contributed by atoms with Crippen LogP contribution in [-0.2, 0) is 9.53 Å². The zero-order valence-electron chi connectivity index (χ0n) is 16.0. The smallest absolute Gasteiger partial charge is 0.312 e. The molecule has 3 amide bonds. The van der Waals surface area contributed by atoms with Gasteiger partial charge in [0.05, 0.1) is 19.1 Å². The molecule has 27 heavy (non-hydrogen) atoms. The van der Waals surface area contributed by atoms with Gasteiger partial charge >= 0.3 is 6.03 Å². The highest BCUT2D eigenvalue weighted by atomic mass is 35.5. The Kier molecular flexibility index (Phi) is 9.55. The van der Waals surface area contributed by atoms with E-state index in [1.165, 1.54) is 0 Å². The largest absolute Gasteiger partial charge is 0.384 e. The van der Waals surface area contributed by atoms with E-state index in [1.807, 2.05) is 31.2 Å². The molecule has 1 aliphatic rings. The van der Waals surface area contributed by atoms with E-state index in [2.05, 4.69) is 16.0 Å². The maximum Gasteiger partial charge on any atom is 0.312 e. The van der Waals surface area contributed by atoms with E-state index in [1.54, 1.807) is 7.11 Å². The van der Waals surface area contributed by atoms with Crippen molar-refractivity contribution >= 4 is 24.3 Å². The Labute approximate surface area is 167 Å². The summed E-state index contributed by atoms with van der Waals surface area (Å²) in [7, 11) is 1.69. The second-order valence-electron chi connectivity index (χ2n) is 7.14. The first kappa shape index (κ1) is 23.2. The Bertz CT molecular complexity index is 615. The van der Waals surface area contributed by atoms with Crippen molar-refractivity contribution in [2.24, 2.45) is 11.1 Å². The number of aryl methyl sites for hydroxylation is 1. The summed E-state index contributed by atoms with van der Waals surface area (Å²) >= 11 is 0. The minimum atomic E-state index is -0.640. The van der Waals surface area contributed by atoms with Crippen LogP contribution in [0.5, 0.6) is 0 Å². The van der Waals surface area contributed by atoms with Crippen molar-refractivity contribution < 1.29 is 14.3 Å². The third-order valence-electron chi connectivity index (χ3n) is 4.93. The second-order valence-corrected chi connectivity index (χ2v) is 7.14. The van der Waals surface area contributed by atoms with E-state index in [0.717, 1.165) is 37.1 Å². The predicted octanol–water partition coefficient (Wildman–Crippen LogP) is 1.65. The van der Waals surface area contributed by atoms with Crippen molar-refractivity contribution in [1.82, 2.24) is 16.0 Å². The summed E-state index contributed by atoms with van der Waals surface area (Å²) < 4.78 is 5.38. The number of amides is 3. The first-order valence-electron chi connectivity index (χ1n) is 9.03. The van der Waals surface area contributed by atoms with Crippen LogP contribution >= 0.6 is 12.4 Å². The molecule has 1 aromatic rings. The number of methoxy groups -OCH3 is 1. The molecule has 2 rings (SSSR count). The first-order chi connectivity index (χ1) is 12.4. The van der Waals surface area contributed by atoms with Crippen molar-refractivity contribution in [2.75, 3.05) is 33.4 Å². The van der Waals surface area contributed by atoms with Crippen molar-refractivity contribution in [3.63, 3.8) is 0 Å². The Morgan fingerprint density at radius 2 is 2.04 bits per heavy atom. The van der Waals surface area contributed by atoms with Crippen LogP contribution in [0.1, 0.15) is 36.4 Å². The van der Waals surface area contributed by atoms with Gasteiger partial charge in [0.1, 0.15) is 0 Å². The monoisotopic (exact) mass is 398 g/mol. The average molecular weight is 399 g/mol. The number of carbonyl (C=O) groups is 2. The fourth-order valence-electron chi connectivity index (χ4n) is 3.49. The topological polar surface area (TPSA) is 105 Å². The zero-order valence-corrected chi connectivity index (χ0v) is 16.9. The van der Waals surface area contributed by atoms with Crippen molar-refractivity contribution in [3.8, 4) is 0 Å². The number of hydrogen-bond acceptors (Lipinski definition) is 4. The lowest BCUT2D eigenvalue weighted by Crippen LogP contribution is -2.47. The number of carbonyl (C=O) groups excluding carboxylic acids is 2. The molecule has 0 radical (unpaired) electrons. The molecule has 152 valence electrons. The number of rotatable bonds is 8. The molecule has 0 saturated carbocycles. The third kappa shape index (κ3) is 7.36. The maximum atomic E-state index is 12.5. The van der Waals surface area contributed by atoms with Gasteiger partial charge in [0, 0.05) is 19.1 Å². The quantitative estimate of drug-likeness (QED) is 0.534. The molecule has 1 fully saturated rings. The molecule has 1 heterocycles. The molecule has 8 heteroatoms. The molecule has 1 aromatic carbocycles. The molecule has 1 atom stereocenters. The molecule has 1 aliphatic heterocycles. The number of nitrogens with one attached hydrogen (secondary N) is 3. The normalized spacial score (nSPS) is 16.7. The van der Waals surface area contributed by atoms with Gasteiger partial charge in [-0.1, -0.05) is 29.8 Å². The van der Waals surface area contributed by atoms with Crippen LogP contribution in [0.3, 0.4) is 0 Å². The summed E-state index contributed by atoms with van der Waals surface area (Å²) in [6, 6.07) is 6.63. The molecule has 0 bridgehead atoms. The number of benzene rings is 1. The number of urea groups is 1. The molecule has 1 unspecified atom stereocenters. The number of hydrogen-bond donors (Lipinski definition) is 4. The van der Waals surface area contributed by atoms with E-state index in [-0.39, 0.29) is 30.2 Å². The van der Waals surface area contributed by atoms with Crippen LogP contribution < -0.4 is 21.7 Å². The van der Waals surface area contributed by atoms with Crippen LogP contribution in [0.4, 0.5) is 4.79 Å². The third-order valence-corrected chi connectivity index (χ3v) is 4.93. The number of ether oxygens (including phenoxy) is 1. The highest BCUT2D eigenvalue weighted by Gasteiger charge is 2.32. The van der Waals surface area contributed by atoms with E-state index in [9.17, 15) is 9.59 Å². The van der Waals surface area contributed by atoms with Crippen LogP contribution in [-0.4, -0.2) is 45.3 Å². The van der Waals surface area contributed by atoms with Gasteiger partial charge in [-0.2, -0.15) is 0 Å². The van der Waals surface area contributed by atoms with Crippen molar-refractivity contribution in [1.29, 1.82) is 0 Å². The summed E-state index contributed by atoms with van der Waals surface area (Å²) in [5.41, 5.74) is 7.19. The molecule has 0 aromatic heterocycles. The minimum absolute atomic E-state index is 0. The molecule has 7 nitrogen and oxygen atoms in total. The molecule has 0 spiro atoms. The van der Waals surface area contributed by atoms with Gasteiger partial charge in [0.2, 0.25) is 5.91 Å². The molecular weight excluding hydrogens is 368 g/mol. The van der Waals surface area contributed by atoms with Crippen molar-refractivity contribution in [3.05, 3.63) is 35.4 Å². The van der Waals surface area contributed by atoms with Crippen LogP contribution in [0, 0.1) is 12.3 Å². The van der Waals surface area contributed by atoms with Crippen molar-refractivity contribution in [2.45, 2.75) is 32.2 Å². The molecular formula is C19H31ClN4O3. The van der Waals surface area contributed by atoms with E-state index in [4.69, 9.17) is 10.5 Å². The Morgan fingerprint density at radius 3 is 2.63 bits per heavy atom. The lowest BCUT2D eigenvalue weighted by molar-refractivity contribution is -0.122. The molecule has 5 N–H and O–H groups in total. The van der Waals surface area contributed by atoms with Gasteiger partial charge in [-0.25, -0.2) is 4.79 Å². The lowest BCUT2D eigenvalue weighted by Gasteiger charge is -2.37. The summed E-state index contributed by atoms with van der Waals surface area (Å²) in [6.45, 7) is 5.01. The molecule has 1 saturated heterocycles. The summed E-state index contributed by atoms with van der Waals surface area (Å²) in [6.07, 6.45) is 2.07. The average Bonchev–Trinajstić information content (AvgIpc) is 2.60. The minimum Gasteiger partial charge on any atom is -0.384 e. The predicted molar refractivity (Wildman–Crippen MR) is 108 cm³/mol. The number of primary amides is 1. The Hall–Kier alpha value is -1.83. The van der Waals surface area contributed by atoms with E-state index < -0.39 is 12.1 Å². The van der Waals surface area contributed by atoms with Gasteiger partial charge in [0.25, 0.3) is 0 Å². The number of piperidine rings is 1. The number of nitrogens with two attached hydrogens (primary N) is 1. The van der Waals surface area contributed by atoms with Crippen LogP contribution in [0.2, 0.25) is 0 Å². The van der Waals surface area contributed by atoms with Gasteiger partial charge in [-0.15, -0.1) is 12.4 Å². The first-order valence-corrected chi connectivity index (χ1v) is 9.03. The highest BCUT2D eigenvalue weighted by molar-refractivity contribution is 5.85. The van der Waals surface area contributed by atoms with Crippen LogP contribution in [0.25, 0.3) is 0 Å². The summed E-state index contributed by atoms with van der Waals surface area (Å²) in [5, 5.41) is 9.03.